The molecule has 1 N–H and O–H groups in total. The van der Waals surface area contributed by atoms with E-state index in [-0.39, 0.29) is 18.1 Å². The number of hydrogen-bond acceptors (Lipinski definition) is 6. The Kier molecular flexibility index (Phi) is 6.43. The Balaban J connectivity index is 1.60. The summed E-state index contributed by atoms with van der Waals surface area (Å²) in [6.45, 7) is 6.03. The first-order valence-electron chi connectivity index (χ1n) is 10.4. The lowest BCUT2D eigenvalue weighted by Gasteiger charge is -2.37. The van der Waals surface area contributed by atoms with Gasteiger partial charge in [-0.1, -0.05) is 30.3 Å². The van der Waals surface area contributed by atoms with E-state index in [1.807, 2.05) is 48.5 Å². The third kappa shape index (κ3) is 5.38. The van der Waals surface area contributed by atoms with E-state index in [1.54, 1.807) is 6.07 Å². The third-order valence-electron chi connectivity index (χ3n) is 5.07. The lowest BCUT2D eigenvalue weighted by atomic mass is 10.1. The van der Waals surface area contributed by atoms with Gasteiger partial charge in [0.2, 0.25) is 0 Å². The molecular weight excluding hydrogens is 392 g/mol. The Morgan fingerprint density at radius 2 is 1.87 bits per heavy atom. The van der Waals surface area contributed by atoms with Gasteiger partial charge in [-0.05, 0) is 43.7 Å². The Labute approximate surface area is 182 Å². The molecule has 0 spiro atoms. The maximum absolute atomic E-state index is 13.1. The highest BCUT2D eigenvalue weighted by Crippen LogP contribution is 2.29. The predicted octanol–water partition coefficient (Wildman–Crippen LogP) is 3.92. The Bertz CT molecular complexity index is 1000. The first-order chi connectivity index (χ1) is 15.1. The standard InChI is InChI=1S/C24H26N4O3/c1-17-14-28(15-18(2)31-17)21-8-9-23(30-16-19-6-4-3-5-7-19)22(12-21)24(29)27-20-10-11-25-26-13-20/h3-13,17-18H,14-16H2,1-2H3,(H,25,27,29)/t17-,18+. The molecule has 3 aromatic rings. The number of nitrogens with zero attached hydrogens (tertiary/aromatic N) is 3. The summed E-state index contributed by atoms with van der Waals surface area (Å²) in [5.41, 5.74) is 3.05. The van der Waals surface area contributed by atoms with Gasteiger partial charge in [0.15, 0.2) is 0 Å². The number of morpholine rings is 1. The first kappa shape index (κ1) is 20.8. The maximum atomic E-state index is 13.1. The van der Waals surface area contributed by atoms with E-state index in [4.69, 9.17) is 9.47 Å². The molecule has 0 bridgehead atoms. The second-order valence-electron chi connectivity index (χ2n) is 7.70. The summed E-state index contributed by atoms with van der Waals surface area (Å²) in [6, 6.07) is 17.3. The summed E-state index contributed by atoms with van der Waals surface area (Å²) in [5.74, 6) is 0.272. The highest BCUT2D eigenvalue weighted by atomic mass is 16.5. The molecule has 2 heterocycles. The van der Waals surface area contributed by atoms with Crippen LogP contribution in [0.15, 0.2) is 67.0 Å². The minimum absolute atomic E-state index is 0.123. The number of carbonyl (C=O) groups is 1. The molecule has 7 nitrogen and oxygen atoms in total. The second-order valence-corrected chi connectivity index (χ2v) is 7.70. The quantitative estimate of drug-likeness (QED) is 0.654. The van der Waals surface area contributed by atoms with Gasteiger partial charge in [0.25, 0.3) is 5.91 Å². The van der Waals surface area contributed by atoms with Crippen LogP contribution >= 0.6 is 0 Å². The second kappa shape index (κ2) is 9.57. The minimum atomic E-state index is -0.257. The van der Waals surface area contributed by atoms with E-state index in [1.165, 1.54) is 12.4 Å². The lowest BCUT2D eigenvalue weighted by Crippen LogP contribution is -2.45. The van der Waals surface area contributed by atoms with Gasteiger partial charge >= 0.3 is 0 Å². The van der Waals surface area contributed by atoms with Crippen LogP contribution in [0.1, 0.15) is 29.8 Å². The summed E-state index contributed by atoms with van der Waals surface area (Å²) < 4.78 is 11.9. The van der Waals surface area contributed by atoms with Crippen molar-refractivity contribution in [3.63, 3.8) is 0 Å². The number of benzene rings is 2. The molecule has 1 amide bonds. The van der Waals surface area contributed by atoms with E-state index in [0.29, 0.717) is 23.6 Å². The molecule has 4 rings (SSSR count). The van der Waals surface area contributed by atoms with Gasteiger partial charge in [0, 0.05) is 18.8 Å². The Morgan fingerprint density at radius 1 is 1.10 bits per heavy atom. The van der Waals surface area contributed by atoms with Crippen LogP contribution in [0.4, 0.5) is 11.4 Å². The van der Waals surface area contributed by atoms with Crippen LogP contribution < -0.4 is 15.0 Å². The van der Waals surface area contributed by atoms with Crippen molar-refractivity contribution < 1.29 is 14.3 Å². The summed E-state index contributed by atoms with van der Waals surface area (Å²) in [5, 5.41) is 10.5. The zero-order valence-corrected chi connectivity index (χ0v) is 17.7. The minimum Gasteiger partial charge on any atom is -0.488 e. The number of ether oxygens (including phenoxy) is 2. The molecule has 7 heteroatoms. The van der Waals surface area contributed by atoms with Crippen LogP contribution in [0.3, 0.4) is 0 Å². The molecule has 1 saturated heterocycles. The van der Waals surface area contributed by atoms with Gasteiger partial charge in [-0.3, -0.25) is 4.79 Å². The topological polar surface area (TPSA) is 76.6 Å². The fourth-order valence-corrected chi connectivity index (χ4v) is 3.71. The molecule has 0 radical (unpaired) electrons. The maximum Gasteiger partial charge on any atom is 0.259 e. The first-order valence-corrected chi connectivity index (χ1v) is 10.4. The smallest absolute Gasteiger partial charge is 0.259 e. The molecule has 160 valence electrons. The molecule has 0 aliphatic carbocycles. The van der Waals surface area contributed by atoms with Gasteiger partial charge < -0.3 is 19.7 Å². The van der Waals surface area contributed by atoms with E-state index in [2.05, 4.69) is 34.3 Å². The summed E-state index contributed by atoms with van der Waals surface area (Å²) in [6.07, 6.45) is 3.29. The van der Waals surface area contributed by atoms with Gasteiger partial charge in [-0.2, -0.15) is 10.2 Å². The van der Waals surface area contributed by atoms with Gasteiger partial charge in [0.1, 0.15) is 12.4 Å². The van der Waals surface area contributed by atoms with Crippen LogP contribution in [0.25, 0.3) is 0 Å². The molecule has 2 atom stereocenters. The Hall–Kier alpha value is -3.45. The number of aromatic nitrogens is 2. The number of rotatable bonds is 6. The number of nitrogens with one attached hydrogen (secondary N) is 1. The fourth-order valence-electron chi connectivity index (χ4n) is 3.71. The SMILES string of the molecule is C[C@@H]1CN(c2ccc(OCc3ccccc3)c(C(=O)Nc3ccnnc3)c2)C[C@H](C)O1. The van der Waals surface area contributed by atoms with Crippen LogP contribution in [-0.2, 0) is 11.3 Å². The highest BCUT2D eigenvalue weighted by molar-refractivity contribution is 6.06. The van der Waals surface area contributed by atoms with Crippen LogP contribution in [0.5, 0.6) is 5.75 Å². The molecule has 2 aromatic carbocycles. The number of amides is 1. The summed E-state index contributed by atoms with van der Waals surface area (Å²) >= 11 is 0. The van der Waals surface area contributed by atoms with Crippen LogP contribution in [0.2, 0.25) is 0 Å². The van der Waals surface area contributed by atoms with Crippen molar-refractivity contribution in [3.8, 4) is 5.75 Å². The van der Waals surface area contributed by atoms with Crippen molar-refractivity contribution in [3.05, 3.63) is 78.1 Å². The molecule has 1 fully saturated rings. The molecule has 0 unspecified atom stereocenters. The predicted molar refractivity (Wildman–Crippen MR) is 119 cm³/mol. The summed E-state index contributed by atoms with van der Waals surface area (Å²) in [4.78, 5) is 15.4. The van der Waals surface area contributed by atoms with E-state index in [9.17, 15) is 4.79 Å². The molecule has 1 aromatic heterocycles. The van der Waals surface area contributed by atoms with Gasteiger partial charge in [0.05, 0.1) is 35.9 Å². The number of hydrogen-bond donors (Lipinski definition) is 1. The molecule has 0 saturated carbocycles. The van der Waals surface area contributed by atoms with Gasteiger partial charge in [-0.15, -0.1) is 0 Å². The molecular formula is C24H26N4O3. The van der Waals surface area contributed by atoms with Crippen molar-refractivity contribution in [1.82, 2.24) is 10.2 Å². The summed E-state index contributed by atoms with van der Waals surface area (Å²) in [7, 11) is 0. The van der Waals surface area contributed by atoms with Crippen molar-refractivity contribution in [1.29, 1.82) is 0 Å². The molecule has 31 heavy (non-hydrogen) atoms. The lowest BCUT2D eigenvalue weighted by molar-refractivity contribution is -0.00521. The van der Waals surface area contributed by atoms with Gasteiger partial charge in [-0.25, -0.2) is 0 Å². The van der Waals surface area contributed by atoms with Crippen molar-refractivity contribution >= 4 is 17.3 Å². The largest absolute Gasteiger partial charge is 0.488 e. The van der Waals surface area contributed by atoms with Crippen LogP contribution in [0, 0.1) is 0 Å². The van der Waals surface area contributed by atoms with Crippen molar-refractivity contribution in [2.24, 2.45) is 0 Å². The zero-order valence-electron chi connectivity index (χ0n) is 17.7. The number of carbonyl (C=O) groups excluding carboxylic acids is 1. The monoisotopic (exact) mass is 418 g/mol. The van der Waals surface area contributed by atoms with E-state index < -0.39 is 0 Å². The Morgan fingerprint density at radius 3 is 2.58 bits per heavy atom. The van der Waals surface area contributed by atoms with Crippen molar-refractivity contribution in [2.75, 3.05) is 23.3 Å². The fraction of sp³-hybridized carbons (Fsp3) is 0.292. The molecule has 1 aliphatic heterocycles. The number of anilines is 2. The normalized spacial score (nSPS) is 18.5. The highest BCUT2D eigenvalue weighted by Gasteiger charge is 2.24. The average Bonchev–Trinajstić information content (AvgIpc) is 2.78. The zero-order chi connectivity index (χ0) is 21.6. The average molecular weight is 418 g/mol. The van der Waals surface area contributed by atoms with Crippen molar-refractivity contribution in [2.45, 2.75) is 32.7 Å². The van der Waals surface area contributed by atoms with E-state index >= 15 is 0 Å². The van der Waals surface area contributed by atoms with Crippen LogP contribution in [-0.4, -0.2) is 41.4 Å². The third-order valence-corrected chi connectivity index (χ3v) is 5.07. The molecule has 1 aliphatic rings. The van der Waals surface area contributed by atoms with E-state index in [0.717, 1.165) is 24.3 Å².